The van der Waals surface area contributed by atoms with Crippen LogP contribution in [0.2, 0.25) is 0 Å². The van der Waals surface area contributed by atoms with Gasteiger partial charge >= 0.3 is 0 Å². The average molecular weight is 395 g/mol. The van der Waals surface area contributed by atoms with E-state index in [0.29, 0.717) is 11.4 Å². The molecule has 0 aliphatic rings. The third-order valence-corrected chi connectivity index (χ3v) is 4.70. The lowest BCUT2D eigenvalue weighted by molar-refractivity contribution is -0.123. The Morgan fingerprint density at radius 1 is 1.07 bits per heavy atom. The van der Waals surface area contributed by atoms with Crippen LogP contribution < -0.4 is 22.1 Å². The summed E-state index contributed by atoms with van der Waals surface area (Å²) in [5.74, 6) is -0.446. The summed E-state index contributed by atoms with van der Waals surface area (Å²) in [7, 11) is 0. The lowest BCUT2D eigenvalue weighted by Gasteiger charge is -2.19. The molecule has 0 aliphatic heterocycles. The zero-order chi connectivity index (χ0) is 21.2. The molecule has 2 atom stereocenters. The second-order valence-corrected chi connectivity index (χ2v) is 6.96. The second kappa shape index (κ2) is 11.0. The van der Waals surface area contributed by atoms with Crippen molar-refractivity contribution in [3.8, 4) is 0 Å². The van der Waals surface area contributed by atoms with Gasteiger partial charge in [-0.25, -0.2) is 0 Å². The highest BCUT2D eigenvalue weighted by Crippen LogP contribution is 2.17. The first-order valence-corrected chi connectivity index (χ1v) is 9.94. The number of hydrogen-bond acceptors (Lipinski definition) is 4. The number of hydrogen-bond donors (Lipinski definition) is 4. The maximum absolute atomic E-state index is 12.4. The van der Waals surface area contributed by atoms with Gasteiger partial charge in [0.1, 0.15) is 6.04 Å². The maximum atomic E-state index is 12.4. The highest BCUT2D eigenvalue weighted by atomic mass is 16.2. The van der Waals surface area contributed by atoms with E-state index in [1.807, 2.05) is 12.1 Å². The quantitative estimate of drug-likeness (QED) is 0.384. The normalized spacial score (nSPS) is 13.1. The number of nitrogens with one attached hydrogen (secondary N) is 2. The van der Waals surface area contributed by atoms with E-state index in [4.69, 9.17) is 11.5 Å². The van der Waals surface area contributed by atoms with E-state index >= 15 is 0 Å². The maximum Gasteiger partial charge on any atom is 0.248 e. The van der Waals surface area contributed by atoms with Crippen LogP contribution in [0.1, 0.15) is 50.3 Å². The summed E-state index contributed by atoms with van der Waals surface area (Å²) in [5, 5.41) is 5.74. The number of carbonyl (C=O) groups is 2. The molecular weight excluding hydrogens is 364 g/mol. The molecule has 2 aromatic rings. The number of rotatable bonds is 9. The number of benzene rings is 2. The van der Waals surface area contributed by atoms with Gasteiger partial charge in [-0.3, -0.25) is 9.59 Å². The van der Waals surface area contributed by atoms with E-state index in [9.17, 15) is 9.59 Å². The molecule has 2 aromatic carbocycles. The molecule has 154 valence electrons. The Labute approximate surface area is 172 Å². The van der Waals surface area contributed by atoms with E-state index in [1.165, 1.54) is 6.08 Å². The molecule has 0 heterocycles. The van der Waals surface area contributed by atoms with E-state index in [1.54, 1.807) is 42.5 Å². The molecule has 2 rings (SSSR count). The monoisotopic (exact) mass is 394 g/mol. The number of para-hydroxylation sites is 2. The Kier molecular flexibility index (Phi) is 8.43. The Morgan fingerprint density at radius 3 is 2.38 bits per heavy atom. The van der Waals surface area contributed by atoms with E-state index in [0.717, 1.165) is 30.4 Å². The fourth-order valence-electron chi connectivity index (χ4n) is 2.94. The number of nitrogen functional groups attached to an aromatic ring is 1. The molecule has 2 amide bonds. The summed E-state index contributed by atoms with van der Waals surface area (Å²) in [4.78, 5) is 24.4. The van der Waals surface area contributed by atoms with Crippen LogP contribution in [-0.4, -0.2) is 17.9 Å². The van der Waals surface area contributed by atoms with Crippen LogP contribution in [0.5, 0.6) is 0 Å². The minimum Gasteiger partial charge on any atom is -0.397 e. The highest BCUT2D eigenvalue weighted by molar-refractivity contribution is 6.03. The molecule has 6 N–H and O–H groups in total. The fourth-order valence-corrected chi connectivity index (χ4v) is 2.94. The van der Waals surface area contributed by atoms with Crippen LogP contribution in [0.3, 0.4) is 0 Å². The molecule has 29 heavy (non-hydrogen) atoms. The van der Waals surface area contributed by atoms with E-state index in [2.05, 4.69) is 24.5 Å². The molecule has 0 fully saturated rings. The van der Waals surface area contributed by atoms with Crippen LogP contribution in [0.15, 0.2) is 54.6 Å². The second-order valence-electron chi connectivity index (χ2n) is 6.96. The Morgan fingerprint density at radius 2 is 1.76 bits per heavy atom. The van der Waals surface area contributed by atoms with Crippen LogP contribution >= 0.6 is 0 Å². The number of carbonyl (C=O) groups excluding carboxylic acids is 2. The lowest BCUT2D eigenvalue weighted by atomic mass is 10.0. The van der Waals surface area contributed by atoms with Gasteiger partial charge in [0.2, 0.25) is 11.8 Å². The standard InChI is InChI=1S/C23H30N4O2/c1-3-7-18(4-2)26-23(29)22(25)17-13-10-16(11-14-17)12-15-21(28)27-20-9-6-5-8-19(20)24/h5-6,8-15,18,22H,3-4,7,24-25H2,1-2H3,(H,26,29)(H,27,28)/b15-12+. The third kappa shape index (κ3) is 6.76. The molecule has 2 unspecified atom stereocenters. The summed E-state index contributed by atoms with van der Waals surface area (Å²) < 4.78 is 0. The summed E-state index contributed by atoms with van der Waals surface area (Å²) in [6.07, 6.45) is 5.96. The number of nitrogens with two attached hydrogens (primary N) is 2. The van der Waals surface area contributed by atoms with Gasteiger partial charge in [0.25, 0.3) is 0 Å². The van der Waals surface area contributed by atoms with Crippen molar-refractivity contribution in [2.45, 2.75) is 45.2 Å². The van der Waals surface area contributed by atoms with Crippen LogP contribution in [-0.2, 0) is 9.59 Å². The van der Waals surface area contributed by atoms with Crippen molar-refractivity contribution in [3.63, 3.8) is 0 Å². The SMILES string of the molecule is CCCC(CC)NC(=O)C(N)c1ccc(/C=C/C(=O)Nc2ccccc2N)cc1. The van der Waals surface area contributed by atoms with Crippen molar-refractivity contribution in [1.29, 1.82) is 0 Å². The zero-order valence-electron chi connectivity index (χ0n) is 17.0. The topological polar surface area (TPSA) is 110 Å². The molecule has 0 saturated heterocycles. The first-order valence-electron chi connectivity index (χ1n) is 9.94. The zero-order valence-corrected chi connectivity index (χ0v) is 17.0. The van der Waals surface area contributed by atoms with Gasteiger partial charge in [-0.05, 0) is 42.2 Å². The van der Waals surface area contributed by atoms with Crippen molar-refractivity contribution in [3.05, 3.63) is 65.7 Å². The number of anilines is 2. The summed E-state index contributed by atoms with van der Waals surface area (Å²) in [5.41, 5.74) is 14.6. The van der Waals surface area contributed by atoms with Gasteiger partial charge in [-0.15, -0.1) is 0 Å². The Balaban J connectivity index is 1.95. The largest absolute Gasteiger partial charge is 0.397 e. The smallest absolute Gasteiger partial charge is 0.248 e. The molecular formula is C23H30N4O2. The van der Waals surface area contributed by atoms with Gasteiger partial charge in [-0.2, -0.15) is 0 Å². The molecule has 0 aliphatic carbocycles. The van der Waals surface area contributed by atoms with Gasteiger partial charge in [0, 0.05) is 12.1 Å². The molecule has 0 radical (unpaired) electrons. The van der Waals surface area contributed by atoms with Gasteiger partial charge < -0.3 is 22.1 Å². The molecule has 0 aromatic heterocycles. The minimum absolute atomic E-state index is 0.151. The van der Waals surface area contributed by atoms with E-state index in [-0.39, 0.29) is 17.9 Å². The van der Waals surface area contributed by atoms with Gasteiger partial charge in [-0.1, -0.05) is 56.7 Å². The molecule has 6 heteroatoms. The van der Waals surface area contributed by atoms with Crippen LogP contribution in [0.4, 0.5) is 11.4 Å². The summed E-state index contributed by atoms with van der Waals surface area (Å²) >= 11 is 0. The van der Waals surface area contributed by atoms with Crippen molar-refractivity contribution in [2.24, 2.45) is 5.73 Å². The molecule has 0 bridgehead atoms. The predicted molar refractivity (Wildman–Crippen MR) is 119 cm³/mol. The van der Waals surface area contributed by atoms with Crippen molar-refractivity contribution >= 4 is 29.3 Å². The molecule has 6 nitrogen and oxygen atoms in total. The van der Waals surface area contributed by atoms with Crippen LogP contribution in [0.25, 0.3) is 6.08 Å². The Hall–Kier alpha value is -3.12. The average Bonchev–Trinajstić information content (AvgIpc) is 2.73. The van der Waals surface area contributed by atoms with Crippen molar-refractivity contribution < 1.29 is 9.59 Å². The third-order valence-electron chi connectivity index (χ3n) is 4.70. The lowest BCUT2D eigenvalue weighted by Crippen LogP contribution is -2.40. The fraction of sp³-hybridized carbons (Fsp3) is 0.304. The van der Waals surface area contributed by atoms with Crippen molar-refractivity contribution in [2.75, 3.05) is 11.1 Å². The van der Waals surface area contributed by atoms with Gasteiger partial charge in [0.05, 0.1) is 11.4 Å². The van der Waals surface area contributed by atoms with E-state index < -0.39 is 6.04 Å². The van der Waals surface area contributed by atoms with Gasteiger partial charge in [0.15, 0.2) is 0 Å². The summed E-state index contributed by atoms with van der Waals surface area (Å²) in [6, 6.07) is 13.8. The van der Waals surface area contributed by atoms with Crippen LogP contribution in [0, 0.1) is 0 Å². The van der Waals surface area contributed by atoms with Crippen molar-refractivity contribution in [1.82, 2.24) is 5.32 Å². The molecule has 0 spiro atoms. The Bertz CT molecular complexity index is 846. The first-order chi connectivity index (χ1) is 13.9. The highest BCUT2D eigenvalue weighted by Gasteiger charge is 2.18. The molecule has 0 saturated carbocycles. The first kappa shape index (κ1) is 22.2. The minimum atomic E-state index is -0.719. The predicted octanol–water partition coefficient (Wildman–Crippen LogP) is 3.62. The summed E-state index contributed by atoms with van der Waals surface area (Å²) in [6.45, 7) is 4.14. The number of amides is 2.